The van der Waals surface area contributed by atoms with E-state index in [9.17, 15) is 9.90 Å². The molecule has 7 nitrogen and oxygen atoms in total. The number of aliphatic hydroxyl groups excluding tert-OH is 1. The zero-order chi connectivity index (χ0) is 19.2. The van der Waals surface area contributed by atoms with Crippen LogP contribution in [-0.2, 0) is 13.1 Å². The van der Waals surface area contributed by atoms with Crippen molar-refractivity contribution in [2.75, 3.05) is 7.11 Å². The number of halogens is 1. The van der Waals surface area contributed by atoms with E-state index in [0.29, 0.717) is 6.54 Å². The van der Waals surface area contributed by atoms with E-state index in [1.165, 1.54) is 11.0 Å². The van der Waals surface area contributed by atoms with Gasteiger partial charge in [0.05, 0.1) is 19.8 Å². The van der Waals surface area contributed by atoms with Gasteiger partial charge in [0.1, 0.15) is 12.1 Å². The van der Waals surface area contributed by atoms with Gasteiger partial charge in [-0.2, -0.15) is 0 Å². The smallest absolute Gasteiger partial charge is 0.291 e. The first-order valence-corrected chi connectivity index (χ1v) is 9.08. The number of methoxy groups -OCH3 is 1. The Kier molecular flexibility index (Phi) is 6.20. The van der Waals surface area contributed by atoms with E-state index in [0.717, 1.165) is 21.3 Å². The van der Waals surface area contributed by atoms with Crippen molar-refractivity contribution in [1.82, 2.24) is 20.1 Å². The predicted octanol–water partition coefficient (Wildman–Crippen LogP) is 2.71. The highest BCUT2D eigenvalue weighted by Gasteiger charge is 2.14. The minimum Gasteiger partial charge on any atom is -0.497 e. The van der Waals surface area contributed by atoms with Crippen molar-refractivity contribution in [1.29, 1.82) is 0 Å². The van der Waals surface area contributed by atoms with Gasteiger partial charge in [0, 0.05) is 11.0 Å². The van der Waals surface area contributed by atoms with Crippen LogP contribution in [0.25, 0.3) is 0 Å². The molecule has 2 N–H and O–H groups in total. The normalized spacial score (nSPS) is 11.8. The molecule has 8 heteroatoms. The lowest BCUT2D eigenvalue weighted by Crippen LogP contribution is -2.24. The van der Waals surface area contributed by atoms with Gasteiger partial charge in [-0.3, -0.25) is 4.79 Å². The summed E-state index contributed by atoms with van der Waals surface area (Å²) in [7, 11) is 1.59. The monoisotopic (exact) mass is 430 g/mol. The zero-order valence-electron chi connectivity index (χ0n) is 14.7. The van der Waals surface area contributed by atoms with Crippen LogP contribution in [0, 0.1) is 0 Å². The van der Waals surface area contributed by atoms with Crippen molar-refractivity contribution >= 4 is 21.8 Å². The van der Waals surface area contributed by atoms with Crippen LogP contribution in [0.5, 0.6) is 5.75 Å². The molecule has 140 valence electrons. The average Bonchev–Trinajstić information content (AvgIpc) is 3.16. The van der Waals surface area contributed by atoms with Gasteiger partial charge in [-0.15, -0.1) is 5.10 Å². The molecule has 0 unspecified atom stereocenters. The lowest BCUT2D eigenvalue weighted by Gasteiger charge is -2.11. The van der Waals surface area contributed by atoms with Crippen molar-refractivity contribution < 1.29 is 14.6 Å². The molecule has 3 rings (SSSR count). The van der Waals surface area contributed by atoms with Gasteiger partial charge >= 0.3 is 0 Å². The van der Waals surface area contributed by atoms with Gasteiger partial charge in [-0.25, -0.2) is 9.67 Å². The molecule has 0 aliphatic carbocycles. The standard InChI is InChI=1S/C19H19BrN4O3/c1-27-16-8-4-14(5-9-16)17(25)11-24-12-22-18(23-24)19(26)21-10-13-2-6-15(20)7-3-13/h2-9,12,17,25H,10-11H2,1H3,(H,21,26)/t17-/m0/s1. The van der Waals surface area contributed by atoms with E-state index in [1.54, 1.807) is 31.4 Å². The lowest BCUT2D eigenvalue weighted by atomic mass is 10.1. The minimum atomic E-state index is -0.767. The number of aromatic nitrogens is 3. The highest BCUT2D eigenvalue weighted by molar-refractivity contribution is 9.10. The Hall–Kier alpha value is -2.71. The zero-order valence-corrected chi connectivity index (χ0v) is 16.3. The number of rotatable bonds is 7. The molecule has 0 aliphatic heterocycles. The van der Waals surface area contributed by atoms with Crippen LogP contribution in [0.15, 0.2) is 59.3 Å². The summed E-state index contributed by atoms with van der Waals surface area (Å²) in [6, 6.07) is 14.8. The van der Waals surface area contributed by atoms with Gasteiger partial charge in [-0.05, 0) is 35.4 Å². The molecule has 1 amide bonds. The Balaban J connectivity index is 1.56. The number of carbonyl (C=O) groups is 1. The number of amides is 1. The van der Waals surface area contributed by atoms with Crippen molar-refractivity contribution in [2.45, 2.75) is 19.2 Å². The molecule has 0 radical (unpaired) electrons. The molecule has 27 heavy (non-hydrogen) atoms. The number of hydrogen-bond donors (Lipinski definition) is 2. The molecule has 0 fully saturated rings. The summed E-state index contributed by atoms with van der Waals surface area (Å²) < 4.78 is 7.53. The fourth-order valence-electron chi connectivity index (χ4n) is 2.46. The molecule has 0 saturated carbocycles. The van der Waals surface area contributed by atoms with Crippen LogP contribution in [0.3, 0.4) is 0 Å². The molecule has 1 atom stereocenters. The van der Waals surface area contributed by atoms with E-state index in [-0.39, 0.29) is 18.3 Å². The third-order valence-corrected chi connectivity index (χ3v) is 4.50. The Morgan fingerprint density at radius 1 is 1.22 bits per heavy atom. The van der Waals surface area contributed by atoms with Crippen molar-refractivity contribution in [3.8, 4) is 5.75 Å². The van der Waals surface area contributed by atoms with Gasteiger partial charge in [0.2, 0.25) is 5.82 Å². The van der Waals surface area contributed by atoms with Crippen LogP contribution in [0.1, 0.15) is 27.8 Å². The molecule has 3 aromatic rings. The largest absolute Gasteiger partial charge is 0.497 e. The van der Waals surface area contributed by atoms with Crippen LogP contribution >= 0.6 is 15.9 Å². The second-order valence-corrected chi connectivity index (χ2v) is 6.80. The second-order valence-electron chi connectivity index (χ2n) is 5.89. The molecule has 0 aliphatic rings. The first kappa shape index (κ1) is 19.1. The van der Waals surface area contributed by atoms with Crippen molar-refractivity contribution in [3.63, 3.8) is 0 Å². The maximum atomic E-state index is 12.2. The van der Waals surface area contributed by atoms with E-state index in [2.05, 4.69) is 31.3 Å². The van der Waals surface area contributed by atoms with Crippen LogP contribution in [0.4, 0.5) is 0 Å². The molecule has 0 saturated heterocycles. The third-order valence-electron chi connectivity index (χ3n) is 3.97. The van der Waals surface area contributed by atoms with Gasteiger partial charge < -0.3 is 15.2 Å². The summed E-state index contributed by atoms with van der Waals surface area (Å²) in [6.45, 7) is 0.578. The molecular weight excluding hydrogens is 412 g/mol. The number of ether oxygens (including phenoxy) is 1. The number of aliphatic hydroxyl groups is 1. The quantitative estimate of drug-likeness (QED) is 0.601. The predicted molar refractivity (Wildman–Crippen MR) is 103 cm³/mol. The van der Waals surface area contributed by atoms with Crippen LogP contribution in [0.2, 0.25) is 0 Å². The van der Waals surface area contributed by atoms with E-state index in [1.807, 2.05) is 24.3 Å². The molecule has 1 heterocycles. The maximum Gasteiger partial charge on any atom is 0.291 e. The first-order valence-electron chi connectivity index (χ1n) is 8.29. The van der Waals surface area contributed by atoms with Gasteiger partial charge in [0.15, 0.2) is 0 Å². The average molecular weight is 431 g/mol. The third kappa shape index (κ3) is 5.15. The SMILES string of the molecule is COc1ccc([C@@H](O)Cn2cnc(C(=O)NCc3ccc(Br)cc3)n2)cc1. The summed E-state index contributed by atoms with van der Waals surface area (Å²) in [5, 5.41) is 17.2. The minimum absolute atomic E-state index is 0.0639. The number of hydrogen-bond acceptors (Lipinski definition) is 5. The Bertz CT molecular complexity index is 894. The van der Waals surface area contributed by atoms with Gasteiger partial charge in [-0.1, -0.05) is 40.2 Å². The Morgan fingerprint density at radius 3 is 2.59 bits per heavy atom. The summed E-state index contributed by atoms with van der Waals surface area (Å²) in [4.78, 5) is 16.2. The summed E-state index contributed by atoms with van der Waals surface area (Å²) in [5.41, 5.74) is 1.70. The fraction of sp³-hybridized carbons (Fsp3) is 0.211. The number of benzene rings is 2. The van der Waals surface area contributed by atoms with Crippen molar-refractivity contribution in [3.05, 3.63) is 76.3 Å². The highest BCUT2D eigenvalue weighted by Crippen LogP contribution is 2.18. The lowest BCUT2D eigenvalue weighted by molar-refractivity contribution is 0.0938. The molecule has 0 spiro atoms. The summed E-state index contributed by atoms with van der Waals surface area (Å²) >= 11 is 3.37. The first-order chi connectivity index (χ1) is 13.0. The van der Waals surface area contributed by atoms with Crippen LogP contribution in [-0.4, -0.2) is 32.9 Å². The molecular formula is C19H19BrN4O3. The van der Waals surface area contributed by atoms with E-state index < -0.39 is 6.10 Å². The summed E-state index contributed by atoms with van der Waals surface area (Å²) in [5.74, 6) is 0.418. The number of nitrogens with zero attached hydrogens (tertiary/aromatic N) is 3. The Labute approximate surface area is 165 Å². The van der Waals surface area contributed by atoms with E-state index >= 15 is 0 Å². The summed E-state index contributed by atoms with van der Waals surface area (Å²) in [6.07, 6.45) is 0.665. The van der Waals surface area contributed by atoms with Gasteiger partial charge in [0.25, 0.3) is 5.91 Å². The molecule has 0 bridgehead atoms. The second kappa shape index (κ2) is 8.79. The fourth-order valence-corrected chi connectivity index (χ4v) is 2.72. The number of carbonyl (C=O) groups excluding carboxylic acids is 1. The van der Waals surface area contributed by atoms with Crippen molar-refractivity contribution in [2.24, 2.45) is 0 Å². The molecule has 2 aromatic carbocycles. The Morgan fingerprint density at radius 2 is 1.93 bits per heavy atom. The van der Waals surface area contributed by atoms with E-state index in [4.69, 9.17) is 4.74 Å². The topological polar surface area (TPSA) is 89.3 Å². The number of nitrogens with one attached hydrogen (secondary N) is 1. The molecule has 1 aromatic heterocycles. The van der Waals surface area contributed by atoms with Crippen LogP contribution < -0.4 is 10.1 Å². The maximum absolute atomic E-state index is 12.2. The highest BCUT2D eigenvalue weighted by atomic mass is 79.9.